The van der Waals surface area contributed by atoms with Crippen molar-refractivity contribution >= 4 is 30.7 Å². The average Bonchev–Trinajstić information content (AvgIpc) is 2.77. The minimum absolute atomic E-state index is 0.185. The van der Waals surface area contributed by atoms with Gasteiger partial charge >= 0.3 is 5.97 Å². The summed E-state index contributed by atoms with van der Waals surface area (Å²) in [5, 5.41) is 24.9. The fourth-order valence-corrected chi connectivity index (χ4v) is 6.42. The van der Waals surface area contributed by atoms with Crippen molar-refractivity contribution in [3.63, 3.8) is 0 Å². The number of carboxylic acid groups (broad SMARTS) is 1. The van der Waals surface area contributed by atoms with Gasteiger partial charge in [-0.15, -0.1) is 0 Å². The van der Waals surface area contributed by atoms with Crippen molar-refractivity contribution in [1.29, 1.82) is 0 Å². The van der Waals surface area contributed by atoms with Crippen LogP contribution in [0, 0.1) is 15.5 Å². The molecule has 0 radical (unpaired) electrons. The van der Waals surface area contributed by atoms with Crippen LogP contribution in [0.4, 0.5) is 5.69 Å². The molecule has 1 unspecified atom stereocenters. The van der Waals surface area contributed by atoms with E-state index in [0.717, 1.165) is 12.1 Å². The van der Waals surface area contributed by atoms with Gasteiger partial charge in [0.1, 0.15) is 5.54 Å². The molecule has 0 saturated carbocycles. The molecule has 0 aromatic heterocycles. The Morgan fingerprint density at radius 3 is 2.22 bits per heavy atom. The molecule has 0 heterocycles. The first-order valence-corrected chi connectivity index (χ1v) is 15.9. The van der Waals surface area contributed by atoms with Crippen LogP contribution in [0.25, 0.3) is 0 Å². The average molecular weight is 538 g/mol. The summed E-state index contributed by atoms with van der Waals surface area (Å²) in [6.07, 6.45) is -0.407. The van der Waals surface area contributed by atoms with E-state index in [-0.39, 0.29) is 24.5 Å². The summed E-state index contributed by atoms with van der Waals surface area (Å²) < 4.78 is 35.1. The Hall–Kier alpha value is -2.64. The highest BCUT2D eigenvalue weighted by Gasteiger charge is 2.44. The van der Waals surface area contributed by atoms with Gasteiger partial charge in [-0.3, -0.25) is 14.9 Å². The topological polar surface area (TPSA) is 148 Å². The molecular weight excluding hydrogens is 502 g/mol. The highest BCUT2D eigenvalue weighted by Crippen LogP contribution is 2.26. The van der Waals surface area contributed by atoms with Gasteiger partial charge in [0.2, 0.25) is 10.0 Å². The van der Waals surface area contributed by atoms with Crippen LogP contribution in [0.15, 0.2) is 59.5 Å². The third-order valence-electron chi connectivity index (χ3n) is 5.60. The number of para-hydroxylation sites is 1. The van der Waals surface area contributed by atoms with Crippen LogP contribution in [-0.2, 0) is 25.7 Å². The molecule has 12 heteroatoms. The molecule has 0 saturated heterocycles. The Morgan fingerprint density at radius 2 is 1.69 bits per heavy atom. The van der Waals surface area contributed by atoms with Gasteiger partial charge in [-0.05, 0) is 30.1 Å². The first-order valence-electron chi connectivity index (χ1n) is 11.6. The van der Waals surface area contributed by atoms with Gasteiger partial charge in [-0.25, -0.2) is 8.42 Å². The second kappa shape index (κ2) is 12.1. The lowest BCUT2D eigenvalue weighted by atomic mass is 9.88. The molecule has 2 atom stereocenters. The number of benzene rings is 2. The van der Waals surface area contributed by atoms with Gasteiger partial charge in [-0.2, -0.15) is 4.72 Å². The van der Waals surface area contributed by atoms with Crippen LogP contribution in [-0.4, -0.2) is 58.2 Å². The Balaban J connectivity index is 2.46. The second-order valence-corrected chi connectivity index (χ2v) is 14.1. The quantitative estimate of drug-likeness (QED) is 0.201. The van der Waals surface area contributed by atoms with E-state index in [1.807, 2.05) is 33.9 Å². The summed E-state index contributed by atoms with van der Waals surface area (Å²) >= 11 is 0. The van der Waals surface area contributed by atoms with E-state index in [0.29, 0.717) is 12.1 Å². The van der Waals surface area contributed by atoms with Crippen LogP contribution in [0.3, 0.4) is 0 Å². The summed E-state index contributed by atoms with van der Waals surface area (Å²) in [6.45, 7) is 10.1. The molecule has 36 heavy (non-hydrogen) atoms. The van der Waals surface area contributed by atoms with E-state index in [4.69, 9.17) is 4.43 Å². The molecule has 0 spiro atoms. The monoisotopic (exact) mass is 537 g/mol. The van der Waals surface area contributed by atoms with Crippen LogP contribution < -0.4 is 10.0 Å². The second-order valence-electron chi connectivity index (χ2n) is 10.1. The predicted molar refractivity (Wildman–Crippen MR) is 140 cm³/mol. The maximum atomic E-state index is 13.3. The number of nitrogens with zero attached hydrogens (tertiary/aromatic N) is 1. The molecule has 0 amide bonds. The zero-order valence-electron chi connectivity index (χ0n) is 21.2. The molecule has 0 aliphatic rings. The summed E-state index contributed by atoms with van der Waals surface area (Å²) in [4.78, 5) is 22.7. The fourth-order valence-electron chi connectivity index (χ4n) is 3.72. The standard InChI is InChI=1S/C24H35N3O7SSi/c1-23(2,3)21(34-36(4)5)16-25-17-24(22(28)29,15-18-11-7-6-8-12-18)26-35(32,33)20-14-10-9-13-19(20)27(30)31/h6-14,21,25-26,36H,15-17H2,1-5H3,(H,28,29)/t21?,24-/m0/s1. The number of sulfonamides is 1. The first kappa shape index (κ1) is 29.6. The maximum absolute atomic E-state index is 13.3. The van der Waals surface area contributed by atoms with E-state index in [2.05, 4.69) is 10.0 Å². The minimum atomic E-state index is -4.59. The summed E-state index contributed by atoms with van der Waals surface area (Å²) in [5.41, 5.74) is -2.31. The van der Waals surface area contributed by atoms with Crippen LogP contribution >= 0.6 is 0 Å². The highest BCUT2D eigenvalue weighted by atomic mass is 32.2. The third kappa shape index (κ3) is 7.93. The Bertz CT molecular complexity index is 1150. The van der Waals surface area contributed by atoms with E-state index in [1.54, 1.807) is 30.3 Å². The first-order chi connectivity index (χ1) is 16.7. The minimum Gasteiger partial charge on any atom is -0.480 e. The fraction of sp³-hybridized carbons (Fsp3) is 0.458. The number of nitrogens with one attached hydrogen (secondary N) is 2. The molecule has 0 fully saturated rings. The molecule has 0 aliphatic heterocycles. The Morgan fingerprint density at radius 1 is 1.11 bits per heavy atom. The molecule has 0 bridgehead atoms. The molecule has 10 nitrogen and oxygen atoms in total. The van der Waals surface area contributed by atoms with Gasteiger partial charge < -0.3 is 14.8 Å². The van der Waals surface area contributed by atoms with Gasteiger partial charge in [0.05, 0.1) is 11.0 Å². The van der Waals surface area contributed by atoms with E-state index in [1.165, 1.54) is 12.1 Å². The predicted octanol–water partition coefficient (Wildman–Crippen LogP) is 2.94. The molecule has 0 aliphatic carbocycles. The molecular formula is C24H35N3O7SSi. The summed E-state index contributed by atoms with van der Waals surface area (Å²) in [6, 6.07) is 13.4. The smallest absolute Gasteiger partial charge is 0.326 e. The van der Waals surface area contributed by atoms with Crippen molar-refractivity contribution in [1.82, 2.24) is 10.0 Å². The normalized spacial score (nSPS) is 14.8. The number of rotatable bonds is 13. The van der Waals surface area contributed by atoms with Crippen molar-refractivity contribution in [2.45, 2.75) is 56.8 Å². The summed E-state index contributed by atoms with van der Waals surface area (Å²) in [5.74, 6) is -1.41. The van der Waals surface area contributed by atoms with Crippen molar-refractivity contribution in [2.24, 2.45) is 5.41 Å². The van der Waals surface area contributed by atoms with E-state index < -0.39 is 46.1 Å². The van der Waals surface area contributed by atoms with E-state index >= 15 is 0 Å². The largest absolute Gasteiger partial charge is 0.480 e. The Kier molecular flexibility index (Phi) is 9.91. The van der Waals surface area contributed by atoms with Crippen molar-refractivity contribution in [3.8, 4) is 0 Å². The highest BCUT2D eigenvalue weighted by molar-refractivity contribution is 7.89. The third-order valence-corrected chi connectivity index (χ3v) is 8.05. The molecule has 2 aromatic rings. The van der Waals surface area contributed by atoms with Gasteiger partial charge in [0.25, 0.3) is 5.69 Å². The lowest BCUT2D eigenvalue weighted by molar-refractivity contribution is -0.387. The molecule has 3 N–H and O–H groups in total. The van der Waals surface area contributed by atoms with E-state index in [9.17, 15) is 28.4 Å². The molecule has 198 valence electrons. The molecule has 2 rings (SSSR count). The zero-order valence-corrected chi connectivity index (χ0v) is 23.2. The number of aliphatic carboxylic acids is 1. The van der Waals surface area contributed by atoms with Gasteiger partial charge in [-0.1, -0.05) is 63.2 Å². The number of carboxylic acids is 1. The maximum Gasteiger partial charge on any atom is 0.326 e. The zero-order chi connectivity index (χ0) is 27.1. The number of nitro groups is 1. The number of carbonyl (C=O) groups is 1. The SMILES string of the molecule is C[SiH](C)OC(CNC[C@](Cc1ccccc1)(NS(=O)(=O)c1ccccc1[N+](=O)[O-])C(=O)O)C(C)(C)C. The van der Waals surface area contributed by atoms with Crippen LogP contribution in [0.5, 0.6) is 0 Å². The van der Waals surface area contributed by atoms with Crippen LogP contribution in [0.1, 0.15) is 26.3 Å². The lowest BCUT2D eigenvalue weighted by Crippen LogP contribution is -2.62. The summed E-state index contributed by atoms with van der Waals surface area (Å²) in [7, 11) is -6.01. The van der Waals surface area contributed by atoms with Crippen LogP contribution in [0.2, 0.25) is 13.1 Å². The van der Waals surface area contributed by atoms with Gasteiger partial charge in [0, 0.05) is 25.6 Å². The molecule has 2 aromatic carbocycles. The van der Waals surface area contributed by atoms with Crippen molar-refractivity contribution in [3.05, 3.63) is 70.3 Å². The van der Waals surface area contributed by atoms with Crippen molar-refractivity contribution in [2.75, 3.05) is 13.1 Å². The number of nitro benzene ring substituents is 1. The number of hydrogen-bond acceptors (Lipinski definition) is 7. The number of hydrogen-bond donors (Lipinski definition) is 3. The Labute approximate surface area is 214 Å². The van der Waals surface area contributed by atoms with Crippen molar-refractivity contribution < 1.29 is 27.7 Å². The lowest BCUT2D eigenvalue weighted by Gasteiger charge is -2.35. The van der Waals surface area contributed by atoms with Gasteiger partial charge in [0.15, 0.2) is 13.9 Å².